The Labute approximate surface area is 242 Å². The molecule has 0 spiro atoms. The molecule has 2 unspecified atom stereocenters. The molecule has 2 heterocycles. The number of nitrogens with one attached hydrogen (secondary N) is 5. The van der Waals surface area contributed by atoms with Crippen molar-refractivity contribution in [2.45, 2.75) is 59.0 Å². The quantitative estimate of drug-likeness (QED) is 0.182. The van der Waals surface area contributed by atoms with Crippen LogP contribution in [0.5, 0.6) is 5.75 Å². The van der Waals surface area contributed by atoms with Crippen LogP contribution in [0.4, 0.5) is 17.5 Å². The summed E-state index contributed by atoms with van der Waals surface area (Å²) in [7, 11) is -2.19. The van der Waals surface area contributed by atoms with Gasteiger partial charge in [0.05, 0.1) is 29.4 Å². The smallest absolute Gasteiger partial charge is 0.229 e. The van der Waals surface area contributed by atoms with Gasteiger partial charge in [-0.15, -0.1) is 0 Å². The molecule has 10 nitrogen and oxygen atoms in total. The molecule has 2 aliphatic rings. The average Bonchev–Trinajstić information content (AvgIpc) is 3.70. The van der Waals surface area contributed by atoms with Gasteiger partial charge in [-0.2, -0.15) is 4.98 Å². The van der Waals surface area contributed by atoms with Gasteiger partial charge < -0.3 is 26.0 Å². The zero-order valence-corrected chi connectivity index (χ0v) is 25.3. The van der Waals surface area contributed by atoms with Crippen LogP contribution in [0.15, 0.2) is 30.2 Å². The van der Waals surface area contributed by atoms with Gasteiger partial charge in [-0.1, -0.05) is 32.4 Å². The van der Waals surface area contributed by atoms with Crippen molar-refractivity contribution in [3.63, 3.8) is 0 Å². The fourth-order valence-electron chi connectivity index (χ4n) is 4.90. The van der Waals surface area contributed by atoms with Gasteiger partial charge in [0.1, 0.15) is 10.8 Å². The number of halogens is 1. The van der Waals surface area contributed by atoms with E-state index >= 15 is 0 Å². The SMILES string of the molecule is CN/C=C(/Nc1nc(Nc2cc(C)c(C3CCNCC3C)cc2OC2CC2)ncc1Cl)C(=N)S(=O)(=O)CC(C)C. The highest BCUT2D eigenvalue weighted by atomic mass is 35.5. The van der Waals surface area contributed by atoms with Crippen molar-refractivity contribution in [2.75, 3.05) is 36.5 Å². The number of ether oxygens (including phenoxy) is 1. The van der Waals surface area contributed by atoms with Crippen LogP contribution in [0.3, 0.4) is 0 Å². The first kappa shape index (κ1) is 30.1. The normalized spacial score (nSPS) is 19.8. The Morgan fingerprint density at radius 3 is 2.70 bits per heavy atom. The van der Waals surface area contributed by atoms with Gasteiger partial charge >= 0.3 is 0 Å². The van der Waals surface area contributed by atoms with Crippen molar-refractivity contribution < 1.29 is 13.2 Å². The number of hydrogen-bond acceptors (Lipinski definition) is 10. The molecule has 5 N–H and O–H groups in total. The zero-order valence-electron chi connectivity index (χ0n) is 23.8. The van der Waals surface area contributed by atoms with E-state index in [1.165, 1.54) is 23.5 Å². The molecule has 2 fully saturated rings. The molecule has 2 aromatic rings. The summed E-state index contributed by atoms with van der Waals surface area (Å²) in [6.45, 7) is 9.98. The fourth-order valence-corrected chi connectivity index (χ4v) is 6.52. The van der Waals surface area contributed by atoms with Gasteiger partial charge in [-0.25, -0.2) is 13.4 Å². The number of hydrogen-bond donors (Lipinski definition) is 5. The van der Waals surface area contributed by atoms with Gasteiger partial charge in [-0.05, 0) is 80.3 Å². The van der Waals surface area contributed by atoms with Crippen LogP contribution in [0.2, 0.25) is 5.02 Å². The van der Waals surface area contributed by atoms with Gasteiger partial charge in [0.15, 0.2) is 20.7 Å². The van der Waals surface area contributed by atoms with Crippen LogP contribution >= 0.6 is 11.6 Å². The monoisotopic (exact) mass is 589 g/mol. The number of piperidine rings is 1. The van der Waals surface area contributed by atoms with Crippen molar-refractivity contribution in [3.05, 3.63) is 46.4 Å². The molecule has 1 aromatic heterocycles. The molecule has 218 valence electrons. The summed E-state index contributed by atoms with van der Waals surface area (Å²) in [4.78, 5) is 8.86. The van der Waals surface area contributed by atoms with E-state index in [4.69, 9.17) is 21.7 Å². The maximum absolute atomic E-state index is 12.7. The lowest BCUT2D eigenvalue weighted by Gasteiger charge is -2.31. The van der Waals surface area contributed by atoms with E-state index in [2.05, 4.69) is 57.2 Å². The van der Waals surface area contributed by atoms with Crippen LogP contribution in [-0.2, 0) is 9.84 Å². The molecular formula is C28H40ClN7O3S. The second kappa shape index (κ2) is 12.7. The highest BCUT2D eigenvalue weighted by molar-refractivity contribution is 8.06. The van der Waals surface area contributed by atoms with E-state index < -0.39 is 14.9 Å². The summed E-state index contributed by atoms with van der Waals surface area (Å²) in [6, 6.07) is 4.24. The molecule has 1 saturated carbocycles. The van der Waals surface area contributed by atoms with Crippen molar-refractivity contribution in [2.24, 2.45) is 11.8 Å². The number of aryl methyl sites for hydroxylation is 1. The van der Waals surface area contributed by atoms with Gasteiger partial charge in [0.2, 0.25) is 5.95 Å². The second-order valence-corrected chi connectivity index (χ2v) is 13.5. The summed E-state index contributed by atoms with van der Waals surface area (Å²) in [5.41, 5.74) is 3.25. The molecule has 0 radical (unpaired) electrons. The van der Waals surface area contributed by atoms with Crippen LogP contribution in [0.1, 0.15) is 57.1 Å². The van der Waals surface area contributed by atoms with E-state index in [0.717, 1.165) is 43.8 Å². The summed E-state index contributed by atoms with van der Waals surface area (Å²) in [5, 5.41) is 20.5. The standard InChI is InChI=1S/C28H40ClN7O3S/c1-16(2)15-40(37,38)26(30)24(14-31-5)34-27-22(29)13-33-28(36-27)35-23-10-17(3)21(11-25(23)39-19-6-7-19)20-8-9-32-12-18(20)4/h10-11,13-14,16,18-20,30-32H,6-9,12,15H2,1-5H3,(H2,33,34,35,36)/b24-14+,30-26?. The minimum absolute atomic E-state index is 0.0312. The van der Waals surface area contributed by atoms with Crippen molar-refractivity contribution in [1.82, 2.24) is 20.6 Å². The number of benzene rings is 1. The summed E-state index contributed by atoms with van der Waals surface area (Å²) < 4.78 is 31.8. The lowest BCUT2D eigenvalue weighted by atomic mass is 9.80. The maximum Gasteiger partial charge on any atom is 0.229 e. The number of aromatic nitrogens is 2. The van der Waals surface area contributed by atoms with Crippen LogP contribution < -0.4 is 26.0 Å². The highest BCUT2D eigenvalue weighted by Gasteiger charge is 2.29. The zero-order chi connectivity index (χ0) is 29.0. The molecular weight excluding hydrogens is 550 g/mol. The summed E-state index contributed by atoms with van der Waals surface area (Å²) in [5.74, 6) is 1.91. The summed E-state index contributed by atoms with van der Waals surface area (Å²) in [6.07, 6.45) is 6.18. The first-order valence-corrected chi connectivity index (χ1v) is 15.8. The van der Waals surface area contributed by atoms with Gasteiger partial charge in [-0.3, -0.25) is 5.41 Å². The van der Waals surface area contributed by atoms with Crippen molar-refractivity contribution in [3.8, 4) is 5.75 Å². The number of anilines is 3. The molecule has 1 aliphatic heterocycles. The second-order valence-electron chi connectivity index (χ2n) is 11.1. The largest absolute Gasteiger partial charge is 0.488 e. The molecule has 2 atom stereocenters. The van der Waals surface area contributed by atoms with Gasteiger partial charge in [0, 0.05) is 13.2 Å². The lowest BCUT2D eigenvalue weighted by Crippen LogP contribution is -2.34. The Hall–Kier alpha value is -2.89. The predicted octanol–water partition coefficient (Wildman–Crippen LogP) is 4.96. The minimum Gasteiger partial charge on any atom is -0.488 e. The van der Waals surface area contributed by atoms with E-state index in [0.29, 0.717) is 11.8 Å². The molecule has 1 saturated heterocycles. The Morgan fingerprint density at radius 2 is 2.05 bits per heavy atom. The lowest BCUT2D eigenvalue weighted by molar-refractivity contribution is 0.302. The van der Waals surface area contributed by atoms with Gasteiger partial charge in [0.25, 0.3) is 0 Å². The minimum atomic E-state index is -3.82. The van der Waals surface area contributed by atoms with Crippen molar-refractivity contribution in [1.29, 1.82) is 5.41 Å². The third-order valence-electron chi connectivity index (χ3n) is 7.01. The maximum atomic E-state index is 12.7. The van der Waals surface area contributed by atoms with E-state index in [9.17, 15) is 8.42 Å². The molecule has 1 aliphatic carbocycles. The Balaban J connectivity index is 1.62. The first-order chi connectivity index (χ1) is 19.0. The Kier molecular flexibility index (Phi) is 9.58. The molecule has 4 rings (SSSR count). The van der Waals surface area contributed by atoms with Crippen LogP contribution in [0, 0.1) is 24.2 Å². The number of sulfone groups is 1. The molecule has 1 aromatic carbocycles. The average molecular weight is 590 g/mol. The first-order valence-electron chi connectivity index (χ1n) is 13.8. The molecule has 40 heavy (non-hydrogen) atoms. The van der Waals surface area contributed by atoms with E-state index in [1.807, 2.05) is 0 Å². The number of rotatable bonds is 11. The molecule has 12 heteroatoms. The van der Waals surface area contributed by atoms with Crippen LogP contribution in [0.25, 0.3) is 0 Å². The van der Waals surface area contributed by atoms with Crippen molar-refractivity contribution >= 4 is 43.9 Å². The molecule has 0 bridgehead atoms. The Morgan fingerprint density at radius 1 is 1.30 bits per heavy atom. The van der Waals surface area contributed by atoms with E-state index in [-0.39, 0.29) is 40.3 Å². The van der Waals surface area contributed by atoms with Crippen LogP contribution in [-0.4, -0.2) is 55.4 Å². The molecule has 0 amide bonds. The van der Waals surface area contributed by atoms with E-state index in [1.54, 1.807) is 20.9 Å². The number of nitrogens with zero attached hydrogens (tertiary/aromatic N) is 2. The highest BCUT2D eigenvalue weighted by Crippen LogP contribution is 2.40. The topological polar surface area (TPSA) is 141 Å². The third-order valence-corrected chi connectivity index (χ3v) is 9.24. The predicted molar refractivity (Wildman–Crippen MR) is 162 cm³/mol. The third kappa shape index (κ3) is 7.44. The summed E-state index contributed by atoms with van der Waals surface area (Å²) >= 11 is 6.39. The fraction of sp³-hybridized carbons (Fsp3) is 0.536. The Bertz CT molecular complexity index is 1380.